The standard InChI is InChI=1S/C29H16NO.C11H8N.Ir/c1-2-6-20-18(5-1)9-11-22-21(20)12-13-25-23(22)15-16-30-29(25)19-10-14-28-26(17-19)24-7-3-4-8-27(24)31-28;1-2-6-10(7-3-1)11-8-4-5-9-12-11;/h1-9,11-17H;1-6,8-9H;/q2*-1;. The van der Waals surface area contributed by atoms with Crippen molar-refractivity contribution >= 4 is 54.3 Å². The molecule has 3 heterocycles. The molecule has 0 saturated carbocycles. The molecule has 3 aromatic heterocycles. The van der Waals surface area contributed by atoms with Gasteiger partial charge >= 0.3 is 0 Å². The van der Waals surface area contributed by atoms with Crippen LogP contribution in [0.4, 0.5) is 0 Å². The summed E-state index contributed by atoms with van der Waals surface area (Å²) in [5.41, 5.74) is 5.68. The van der Waals surface area contributed by atoms with E-state index < -0.39 is 0 Å². The first-order valence-electron chi connectivity index (χ1n) is 14.2. The molecular weight excluding hydrogens is 717 g/mol. The number of aromatic nitrogens is 2. The van der Waals surface area contributed by atoms with Crippen LogP contribution < -0.4 is 0 Å². The third-order valence-electron chi connectivity index (χ3n) is 7.88. The van der Waals surface area contributed by atoms with Gasteiger partial charge in [-0.05, 0) is 61.9 Å². The number of hydrogen-bond acceptors (Lipinski definition) is 3. The zero-order valence-corrected chi connectivity index (χ0v) is 25.9. The molecule has 9 aromatic rings. The second-order valence-electron chi connectivity index (χ2n) is 10.4. The summed E-state index contributed by atoms with van der Waals surface area (Å²) in [7, 11) is 0. The van der Waals surface area contributed by atoms with Crippen molar-refractivity contribution in [3.63, 3.8) is 0 Å². The Morgan fingerprint density at radius 2 is 1.23 bits per heavy atom. The number of furan rings is 1. The van der Waals surface area contributed by atoms with E-state index in [1.54, 1.807) is 6.20 Å². The normalized spacial score (nSPS) is 11.0. The van der Waals surface area contributed by atoms with Gasteiger partial charge in [-0.15, -0.1) is 59.7 Å². The van der Waals surface area contributed by atoms with Crippen LogP contribution in [0.3, 0.4) is 0 Å². The van der Waals surface area contributed by atoms with Gasteiger partial charge in [0.1, 0.15) is 5.58 Å². The van der Waals surface area contributed by atoms with Gasteiger partial charge in [0.25, 0.3) is 0 Å². The second-order valence-corrected chi connectivity index (χ2v) is 10.4. The third-order valence-corrected chi connectivity index (χ3v) is 7.88. The molecule has 0 spiro atoms. The summed E-state index contributed by atoms with van der Waals surface area (Å²) in [5.74, 6) is 0. The number of nitrogens with zero attached hydrogens (tertiary/aromatic N) is 2. The summed E-state index contributed by atoms with van der Waals surface area (Å²) in [6, 6.07) is 51.9. The van der Waals surface area contributed by atoms with Crippen LogP contribution in [0.25, 0.3) is 76.8 Å². The number of para-hydroxylation sites is 1. The van der Waals surface area contributed by atoms with E-state index in [1.807, 2.05) is 72.9 Å². The van der Waals surface area contributed by atoms with Gasteiger partial charge in [0.2, 0.25) is 0 Å². The summed E-state index contributed by atoms with van der Waals surface area (Å²) in [6.07, 6.45) is 3.69. The van der Waals surface area contributed by atoms with Crippen molar-refractivity contribution in [1.29, 1.82) is 0 Å². The van der Waals surface area contributed by atoms with E-state index in [-0.39, 0.29) is 20.1 Å². The minimum Gasteiger partial charge on any atom is -0.500 e. The Morgan fingerprint density at radius 1 is 0.477 bits per heavy atom. The molecule has 0 unspecified atom stereocenters. The molecule has 9 rings (SSSR count). The minimum absolute atomic E-state index is 0. The predicted molar refractivity (Wildman–Crippen MR) is 177 cm³/mol. The van der Waals surface area contributed by atoms with Gasteiger partial charge in [-0.2, -0.15) is 0 Å². The summed E-state index contributed by atoms with van der Waals surface area (Å²) < 4.78 is 5.98. The molecule has 0 aliphatic rings. The van der Waals surface area contributed by atoms with Gasteiger partial charge in [0.15, 0.2) is 0 Å². The van der Waals surface area contributed by atoms with Gasteiger partial charge in [0, 0.05) is 37.9 Å². The molecule has 0 aliphatic heterocycles. The number of pyridine rings is 2. The van der Waals surface area contributed by atoms with Crippen LogP contribution in [-0.4, -0.2) is 9.97 Å². The average molecular weight is 741 g/mol. The first kappa shape index (κ1) is 27.7. The van der Waals surface area contributed by atoms with Crippen LogP contribution in [-0.2, 0) is 20.1 Å². The Bertz CT molecular complexity index is 2360. The molecule has 1 radical (unpaired) electrons. The average Bonchev–Trinajstić information content (AvgIpc) is 3.47. The first-order valence-corrected chi connectivity index (χ1v) is 14.2. The number of fused-ring (bicyclic) bond motifs is 8. The zero-order chi connectivity index (χ0) is 28.6. The topological polar surface area (TPSA) is 38.9 Å². The van der Waals surface area contributed by atoms with Crippen molar-refractivity contribution < 1.29 is 24.5 Å². The second kappa shape index (κ2) is 11.9. The van der Waals surface area contributed by atoms with E-state index >= 15 is 0 Å². The summed E-state index contributed by atoms with van der Waals surface area (Å²) in [6.45, 7) is 0. The van der Waals surface area contributed by atoms with Crippen molar-refractivity contribution in [2.24, 2.45) is 0 Å². The van der Waals surface area contributed by atoms with E-state index in [9.17, 15) is 0 Å². The fourth-order valence-corrected chi connectivity index (χ4v) is 5.85. The van der Waals surface area contributed by atoms with Crippen molar-refractivity contribution in [2.45, 2.75) is 0 Å². The Labute approximate surface area is 268 Å². The van der Waals surface area contributed by atoms with E-state index in [1.165, 1.54) is 26.9 Å². The third kappa shape index (κ3) is 4.95. The van der Waals surface area contributed by atoms with Gasteiger partial charge in [-0.25, -0.2) is 0 Å². The Morgan fingerprint density at radius 3 is 2.09 bits per heavy atom. The van der Waals surface area contributed by atoms with E-state index in [2.05, 4.69) is 83.8 Å². The molecule has 0 saturated heterocycles. The van der Waals surface area contributed by atoms with Crippen molar-refractivity contribution in [2.75, 3.05) is 0 Å². The van der Waals surface area contributed by atoms with Gasteiger partial charge in [-0.1, -0.05) is 84.2 Å². The molecule has 6 aromatic carbocycles. The SMILES string of the molecule is [Ir].[c-]1cc2oc3ccccc3c2cc1-c1nccc2c1ccc1c3ccccc3ccc21.[c-]1ccccc1-c1ccccn1. The van der Waals surface area contributed by atoms with Crippen LogP contribution in [0, 0.1) is 12.1 Å². The fraction of sp³-hybridized carbons (Fsp3) is 0. The van der Waals surface area contributed by atoms with Crippen LogP contribution >= 0.6 is 0 Å². The maximum atomic E-state index is 5.98. The van der Waals surface area contributed by atoms with Crippen LogP contribution in [0.2, 0.25) is 0 Å². The summed E-state index contributed by atoms with van der Waals surface area (Å²) >= 11 is 0. The van der Waals surface area contributed by atoms with Crippen LogP contribution in [0.15, 0.2) is 150 Å². The fourth-order valence-electron chi connectivity index (χ4n) is 5.85. The molecule has 0 fully saturated rings. The molecule has 0 amide bonds. The minimum atomic E-state index is 0. The molecule has 0 atom stereocenters. The number of hydrogen-bond donors (Lipinski definition) is 0. The smallest absolute Gasteiger partial charge is 0.120 e. The number of rotatable bonds is 2. The van der Waals surface area contributed by atoms with E-state index in [4.69, 9.17) is 9.40 Å². The molecule has 0 bridgehead atoms. The molecule has 0 aliphatic carbocycles. The molecule has 3 nitrogen and oxygen atoms in total. The summed E-state index contributed by atoms with van der Waals surface area (Å²) in [5, 5.41) is 9.59. The monoisotopic (exact) mass is 741 g/mol. The molecule has 4 heteroatoms. The van der Waals surface area contributed by atoms with Crippen LogP contribution in [0.5, 0.6) is 0 Å². The predicted octanol–water partition coefficient (Wildman–Crippen LogP) is 10.5. The number of benzene rings is 6. The quantitative estimate of drug-likeness (QED) is 0.131. The Balaban J connectivity index is 0.000000203. The largest absolute Gasteiger partial charge is 0.500 e. The zero-order valence-electron chi connectivity index (χ0n) is 23.5. The van der Waals surface area contributed by atoms with Crippen molar-refractivity contribution in [3.8, 4) is 22.5 Å². The van der Waals surface area contributed by atoms with Gasteiger partial charge < -0.3 is 14.4 Å². The molecular formula is C40H24IrN2O-2. The van der Waals surface area contributed by atoms with Gasteiger partial charge in [-0.3, -0.25) is 0 Å². The Hall–Kier alpha value is -5.15. The molecule has 211 valence electrons. The Kier molecular flexibility index (Phi) is 7.45. The van der Waals surface area contributed by atoms with E-state index in [0.717, 1.165) is 49.8 Å². The maximum absolute atomic E-state index is 5.98. The maximum Gasteiger partial charge on any atom is 0.120 e. The molecule has 0 N–H and O–H groups in total. The molecule has 44 heavy (non-hydrogen) atoms. The van der Waals surface area contributed by atoms with E-state index in [0.29, 0.717) is 0 Å². The van der Waals surface area contributed by atoms with Crippen molar-refractivity contribution in [3.05, 3.63) is 158 Å². The van der Waals surface area contributed by atoms with Crippen LogP contribution in [0.1, 0.15) is 0 Å². The van der Waals surface area contributed by atoms with Gasteiger partial charge in [0.05, 0.1) is 5.58 Å². The van der Waals surface area contributed by atoms with Crippen molar-refractivity contribution in [1.82, 2.24) is 9.97 Å². The summed E-state index contributed by atoms with van der Waals surface area (Å²) in [4.78, 5) is 8.97. The first-order chi connectivity index (χ1) is 21.3.